The van der Waals surface area contributed by atoms with Crippen molar-refractivity contribution in [2.24, 2.45) is 0 Å². The molecule has 0 amide bonds. The van der Waals surface area contributed by atoms with Gasteiger partial charge in [0.1, 0.15) is 6.61 Å². The van der Waals surface area contributed by atoms with Gasteiger partial charge in [-0.05, 0) is 109 Å². The predicted octanol–water partition coefficient (Wildman–Crippen LogP) is 20.6. The third-order valence-corrected chi connectivity index (χ3v) is 12.7. The second kappa shape index (κ2) is 61.6. The Balaban J connectivity index is 3.57. The Kier molecular flexibility index (Phi) is 58.4. The second-order valence-corrected chi connectivity index (χ2v) is 19.7. The Morgan fingerprint density at radius 2 is 0.597 bits per heavy atom. The molecule has 0 aromatic heterocycles. The van der Waals surface area contributed by atoms with E-state index in [1.54, 1.807) is 0 Å². The molecule has 1 atom stereocenters. The number of esters is 2. The maximum Gasteiger partial charge on any atom is 0.306 e. The number of allylic oxidation sites excluding steroid dienone is 20. The summed E-state index contributed by atoms with van der Waals surface area (Å²) in [6.07, 6.45) is 90.3. The summed E-state index contributed by atoms with van der Waals surface area (Å²) in [6, 6.07) is 0. The second-order valence-electron chi connectivity index (χ2n) is 19.7. The van der Waals surface area contributed by atoms with Crippen LogP contribution in [0.2, 0.25) is 0 Å². The Morgan fingerprint density at radius 1 is 0.333 bits per heavy atom. The van der Waals surface area contributed by atoms with Gasteiger partial charge in [-0.3, -0.25) is 9.59 Å². The monoisotopic (exact) mass is 997 g/mol. The van der Waals surface area contributed by atoms with E-state index in [0.717, 1.165) is 109 Å². The van der Waals surface area contributed by atoms with Gasteiger partial charge in [-0.2, -0.15) is 0 Å². The summed E-state index contributed by atoms with van der Waals surface area (Å²) in [5.41, 5.74) is 0. The van der Waals surface area contributed by atoms with Gasteiger partial charge in [0.25, 0.3) is 0 Å². The van der Waals surface area contributed by atoms with Crippen LogP contribution in [0.3, 0.4) is 0 Å². The molecule has 0 saturated heterocycles. The van der Waals surface area contributed by atoms with Gasteiger partial charge in [-0.25, -0.2) is 0 Å². The van der Waals surface area contributed by atoms with Gasteiger partial charge < -0.3 is 14.6 Å². The summed E-state index contributed by atoms with van der Waals surface area (Å²) in [5, 5.41) is 9.67. The van der Waals surface area contributed by atoms with Gasteiger partial charge >= 0.3 is 11.9 Å². The van der Waals surface area contributed by atoms with Crippen molar-refractivity contribution in [3.05, 3.63) is 122 Å². The number of rotatable bonds is 54. The molecule has 0 fully saturated rings. The van der Waals surface area contributed by atoms with Crippen LogP contribution in [-0.4, -0.2) is 36.4 Å². The van der Waals surface area contributed by atoms with Crippen molar-refractivity contribution < 1.29 is 24.2 Å². The van der Waals surface area contributed by atoms with Crippen LogP contribution in [0, 0.1) is 0 Å². The van der Waals surface area contributed by atoms with E-state index in [4.69, 9.17) is 9.47 Å². The lowest BCUT2D eigenvalue weighted by Crippen LogP contribution is -2.28. The maximum atomic E-state index is 12.3. The number of carbonyl (C=O) groups is 2. The summed E-state index contributed by atoms with van der Waals surface area (Å²) in [4.78, 5) is 24.6. The summed E-state index contributed by atoms with van der Waals surface area (Å²) < 4.78 is 10.7. The average molecular weight is 998 g/mol. The highest BCUT2D eigenvalue weighted by Gasteiger charge is 2.16. The lowest BCUT2D eigenvalue weighted by molar-refractivity contribution is -0.161. The standard InChI is InChI=1S/C67H112O5/c1-3-5-7-9-11-13-15-17-19-21-23-25-27-29-31-33-35-37-39-41-43-45-47-49-51-53-55-57-59-61-66(69)71-64-65(63-68)72-67(70)62-60-58-56-54-52-50-48-46-44-42-40-38-36-34-32-30-28-26-24-22-20-18-16-14-12-10-8-6-4-2/h6,8,12,14-15,17-18,20-21,23-24,26,30,32,36,38,42,44,48,50,65,68H,3-5,7,9-11,13,16,19,22,25,27-29,31,33-35,37,39-41,43,45-47,49,51-64H2,1-2H3/b8-6-,14-12-,17-15-,20-18-,23-21-,26-24-,32-30-,38-36-,44-42-,50-48-. The van der Waals surface area contributed by atoms with Crippen molar-refractivity contribution >= 4 is 11.9 Å². The SMILES string of the molecule is CC/C=C\C/C=C\C/C=C\C/C=C\C/C=C\C/C=C\C/C=C\C/C=C\CCCCCCC(=O)OC(CO)COC(=O)CCCCCCCCCCCCCCCCCCC/C=C\C/C=C\CCCCCCC. The molecule has 0 aromatic carbocycles. The minimum Gasteiger partial charge on any atom is -0.462 e. The third kappa shape index (κ3) is 58.9. The van der Waals surface area contributed by atoms with Crippen LogP contribution >= 0.6 is 0 Å². The van der Waals surface area contributed by atoms with Crippen LogP contribution in [0.1, 0.15) is 271 Å². The van der Waals surface area contributed by atoms with Crippen molar-refractivity contribution in [1.82, 2.24) is 0 Å². The zero-order valence-electron chi connectivity index (χ0n) is 46.9. The fourth-order valence-electron chi connectivity index (χ4n) is 8.25. The van der Waals surface area contributed by atoms with E-state index in [9.17, 15) is 14.7 Å². The molecule has 0 aliphatic heterocycles. The summed E-state index contributed by atoms with van der Waals surface area (Å²) in [7, 11) is 0. The van der Waals surface area contributed by atoms with E-state index in [0.29, 0.717) is 12.8 Å². The molecule has 72 heavy (non-hydrogen) atoms. The van der Waals surface area contributed by atoms with Gasteiger partial charge in [-0.15, -0.1) is 0 Å². The number of unbranched alkanes of at least 4 members (excludes halogenated alkanes) is 26. The topological polar surface area (TPSA) is 72.8 Å². The van der Waals surface area contributed by atoms with E-state index in [1.807, 2.05) is 0 Å². The molecule has 0 saturated carbocycles. The minimum atomic E-state index is -0.795. The summed E-state index contributed by atoms with van der Waals surface area (Å²) >= 11 is 0. The molecular formula is C67H112O5. The molecule has 1 N–H and O–H groups in total. The number of ether oxygens (including phenoxy) is 2. The third-order valence-electron chi connectivity index (χ3n) is 12.7. The Morgan fingerprint density at radius 3 is 0.903 bits per heavy atom. The Labute approximate surface area is 445 Å². The predicted molar refractivity (Wildman–Crippen MR) is 315 cm³/mol. The zero-order chi connectivity index (χ0) is 52.0. The first-order chi connectivity index (χ1) is 35.6. The molecule has 0 bridgehead atoms. The number of carbonyl (C=O) groups excluding carboxylic acids is 2. The molecule has 0 aromatic rings. The van der Waals surface area contributed by atoms with Crippen LogP contribution in [0.4, 0.5) is 0 Å². The lowest BCUT2D eigenvalue weighted by Gasteiger charge is -2.15. The molecule has 0 heterocycles. The first-order valence-corrected chi connectivity index (χ1v) is 30.1. The van der Waals surface area contributed by atoms with E-state index < -0.39 is 6.10 Å². The quantitative estimate of drug-likeness (QED) is 0.0373. The Hall–Kier alpha value is -3.70. The van der Waals surface area contributed by atoms with Gasteiger partial charge in [0.2, 0.25) is 0 Å². The maximum absolute atomic E-state index is 12.3. The molecule has 0 rings (SSSR count). The van der Waals surface area contributed by atoms with E-state index in [-0.39, 0.29) is 25.2 Å². The molecule has 0 radical (unpaired) electrons. The van der Waals surface area contributed by atoms with Gasteiger partial charge in [0.15, 0.2) is 6.10 Å². The molecule has 5 nitrogen and oxygen atoms in total. The van der Waals surface area contributed by atoms with Crippen LogP contribution < -0.4 is 0 Å². The van der Waals surface area contributed by atoms with Crippen molar-refractivity contribution in [3.63, 3.8) is 0 Å². The molecule has 0 aliphatic carbocycles. The fourth-order valence-corrected chi connectivity index (χ4v) is 8.25. The summed E-state index contributed by atoms with van der Waals surface area (Å²) in [6.45, 7) is 4.01. The van der Waals surface area contributed by atoms with Crippen molar-refractivity contribution in [2.45, 2.75) is 277 Å². The first-order valence-electron chi connectivity index (χ1n) is 30.1. The summed E-state index contributed by atoms with van der Waals surface area (Å²) in [5.74, 6) is -0.620. The van der Waals surface area contributed by atoms with E-state index in [1.165, 1.54) is 135 Å². The molecular weight excluding hydrogens is 885 g/mol. The van der Waals surface area contributed by atoms with Crippen molar-refractivity contribution in [1.29, 1.82) is 0 Å². The van der Waals surface area contributed by atoms with Gasteiger partial charge in [0, 0.05) is 12.8 Å². The van der Waals surface area contributed by atoms with Crippen LogP contribution in [-0.2, 0) is 19.1 Å². The number of aliphatic hydroxyl groups excluding tert-OH is 1. The molecule has 5 heteroatoms. The van der Waals surface area contributed by atoms with Crippen molar-refractivity contribution in [2.75, 3.05) is 13.2 Å². The largest absolute Gasteiger partial charge is 0.462 e. The van der Waals surface area contributed by atoms with Gasteiger partial charge in [0.05, 0.1) is 6.61 Å². The smallest absolute Gasteiger partial charge is 0.306 e. The normalized spacial score (nSPS) is 13.1. The van der Waals surface area contributed by atoms with Crippen LogP contribution in [0.15, 0.2) is 122 Å². The zero-order valence-corrected chi connectivity index (χ0v) is 46.9. The minimum absolute atomic E-state index is 0.0819. The lowest BCUT2D eigenvalue weighted by atomic mass is 10.0. The first kappa shape index (κ1) is 68.3. The number of hydrogen-bond acceptors (Lipinski definition) is 5. The molecule has 0 spiro atoms. The Bertz CT molecular complexity index is 1450. The van der Waals surface area contributed by atoms with Crippen LogP contribution in [0.5, 0.6) is 0 Å². The van der Waals surface area contributed by atoms with Crippen LogP contribution in [0.25, 0.3) is 0 Å². The highest BCUT2D eigenvalue weighted by Crippen LogP contribution is 2.16. The fraction of sp³-hybridized carbons (Fsp3) is 0.672. The average Bonchev–Trinajstić information content (AvgIpc) is 3.38. The highest BCUT2D eigenvalue weighted by molar-refractivity contribution is 5.70. The highest BCUT2D eigenvalue weighted by atomic mass is 16.6. The van der Waals surface area contributed by atoms with Gasteiger partial charge in [-0.1, -0.05) is 270 Å². The van der Waals surface area contributed by atoms with E-state index in [2.05, 4.69) is 135 Å². The number of hydrogen-bond donors (Lipinski definition) is 1. The number of aliphatic hydroxyl groups is 1. The molecule has 0 aliphatic rings. The van der Waals surface area contributed by atoms with E-state index >= 15 is 0 Å². The molecule has 410 valence electrons. The van der Waals surface area contributed by atoms with Crippen molar-refractivity contribution in [3.8, 4) is 0 Å². The molecule has 1 unspecified atom stereocenters.